The van der Waals surface area contributed by atoms with E-state index in [4.69, 9.17) is 4.74 Å². The second-order valence-electron chi connectivity index (χ2n) is 7.56. The van der Waals surface area contributed by atoms with E-state index >= 15 is 0 Å². The van der Waals surface area contributed by atoms with E-state index in [-0.39, 0.29) is 11.7 Å². The number of carbonyl (C=O) groups is 1. The van der Waals surface area contributed by atoms with Crippen LogP contribution in [-0.4, -0.2) is 22.8 Å². The van der Waals surface area contributed by atoms with E-state index in [9.17, 15) is 9.90 Å². The van der Waals surface area contributed by atoms with E-state index < -0.39 is 11.4 Å². The summed E-state index contributed by atoms with van der Waals surface area (Å²) < 4.78 is 6.04. The van der Waals surface area contributed by atoms with Crippen molar-refractivity contribution in [3.05, 3.63) is 0 Å². The molecule has 0 amide bonds. The van der Waals surface area contributed by atoms with Gasteiger partial charge in [0, 0.05) is 0 Å². The molecule has 2 aliphatic rings. The molecule has 0 bridgehead atoms. The Morgan fingerprint density at radius 1 is 1.20 bits per heavy atom. The molecule has 20 heavy (non-hydrogen) atoms. The molecule has 1 unspecified atom stereocenters. The van der Waals surface area contributed by atoms with Gasteiger partial charge in [-0.25, -0.2) is 0 Å². The van der Waals surface area contributed by atoms with Crippen molar-refractivity contribution in [2.24, 2.45) is 11.3 Å². The van der Waals surface area contributed by atoms with Gasteiger partial charge in [0.05, 0.1) is 17.1 Å². The van der Waals surface area contributed by atoms with Gasteiger partial charge in [0.15, 0.2) is 0 Å². The van der Waals surface area contributed by atoms with Crippen LogP contribution in [0.1, 0.15) is 78.6 Å². The lowest BCUT2D eigenvalue weighted by atomic mass is 9.67. The SMILES string of the molecule is CCCC1CCC(CC2CCC(C)(C)O2)(C(=O)O)CC1. The standard InChI is InChI=1S/C17H30O3/c1-4-5-13-6-10-17(11-7-13,15(18)19)12-14-8-9-16(2,3)20-14/h13-14H,4-12H2,1-3H3,(H,18,19). The quantitative estimate of drug-likeness (QED) is 0.813. The Morgan fingerprint density at radius 3 is 2.30 bits per heavy atom. The van der Waals surface area contributed by atoms with Crippen molar-refractivity contribution >= 4 is 5.97 Å². The fourth-order valence-corrected chi connectivity index (χ4v) is 4.09. The van der Waals surface area contributed by atoms with Crippen LogP contribution in [0.3, 0.4) is 0 Å². The summed E-state index contributed by atoms with van der Waals surface area (Å²) in [6, 6.07) is 0. The smallest absolute Gasteiger partial charge is 0.309 e. The van der Waals surface area contributed by atoms with Gasteiger partial charge in [-0.15, -0.1) is 0 Å². The van der Waals surface area contributed by atoms with Crippen LogP contribution in [0.15, 0.2) is 0 Å². The molecule has 1 aliphatic carbocycles. The number of carboxylic acid groups (broad SMARTS) is 1. The maximum absolute atomic E-state index is 11.8. The van der Waals surface area contributed by atoms with Crippen LogP contribution >= 0.6 is 0 Å². The van der Waals surface area contributed by atoms with E-state index in [1.165, 1.54) is 12.8 Å². The number of ether oxygens (including phenoxy) is 1. The fraction of sp³-hybridized carbons (Fsp3) is 0.941. The van der Waals surface area contributed by atoms with Crippen LogP contribution in [0.5, 0.6) is 0 Å². The molecule has 2 fully saturated rings. The van der Waals surface area contributed by atoms with Gasteiger partial charge >= 0.3 is 5.97 Å². The first-order valence-corrected chi connectivity index (χ1v) is 8.28. The number of rotatable bonds is 5. The lowest BCUT2D eigenvalue weighted by molar-refractivity contribution is -0.155. The molecule has 3 nitrogen and oxygen atoms in total. The van der Waals surface area contributed by atoms with Crippen LogP contribution < -0.4 is 0 Å². The second kappa shape index (κ2) is 6.05. The van der Waals surface area contributed by atoms with Crippen LogP contribution in [-0.2, 0) is 9.53 Å². The molecule has 2 rings (SSSR count). The van der Waals surface area contributed by atoms with Gasteiger partial charge in [0.25, 0.3) is 0 Å². The highest BCUT2D eigenvalue weighted by Crippen LogP contribution is 2.46. The molecule has 0 aromatic rings. The lowest BCUT2D eigenvalue weighted by Crippen LogP contribution is -2.39. The molecule has 1 saturated heterocycles. The zero-order chi connectivity index (χ0) is 14.8. The Morgan fingerprint density at radius 2 is 1.85 bits per heavy atom. The molecule has 0 aromatic heterocycles. The average Bonchev–Trinajstić information content (AvgIpc) is 2.71. The van der Waals surface area contributed by atoms with Gasteiger partial charge in [0.1, 0.15) is 0 Å². The topological polar surface area (TPSA) is 46.5 Å². The maximum Gasteiger partial charge on any atom is 0.309 e. The Kier molecular flexibility index (Phi) is 4.78. The van der Waals surface area contributed by atoms with Gasteiger partial charge in [-0.1, -0.05) is 19.8 Å². The van der Waals surface area contributed by atoms with Crippen molar-refractivity contribution in [2.45, 2.75) is 90.3 Å². The molecule has 116 valence electrons. The highest BCUT2D eigenvalue weighted by atomic mass is 16.5. The Hall–Kier alpha value is -0.570. The van der Waals surface area contributed by atoms with Gasteiger partial charge in [0.2, 0.25) is 0 Å². The molecular weight excluding hydrogens is 252 g/mol. The average molecular weight is 282 g/mol. The van der Waals surface area contributed by atoms with Crippen LogP contribution in [0.4, 0.5) is 0 Å². The van der Waals surface area contributed by atoms with E-state index in [2.05, 4.69) is 20.8 Å². The van der Waals surface area contributed by atoms with Crippen molar-refractivity contribution in [3.8, 4) is 0 Å². The first-order valence-electron chi connectivity index (χ1n) is 8.28. The molecule has 1 heterocycles. The van der Waals surface area contributed by atoms with Crippen molar-refractivity contribution in [1.29, 1.82) is 0 Å². The summed E-state index contributed by atoms with van der Waals surface area (Å²) in [5.41, 5.74) is -0.584. The summed E-state index contributed by atoms with van der Waals surface area (Å²) in [4.78, 5) is 11.8. The Labute approximate surface area is 123 Å². The normalized spacial score (nSPS) is 37.0. The van der Waals surface area contributed by atoms with Crippen molar-refractivity contribution in [2.75, 3.05) is 0 Å². The highest BCUT2D eigenvalue weighted by Gasteiger charge is 2.45. The lowest BCUT2D eigenvalue weighted by Gasteiger charge is -2.38. The number of aliphatic carboxylic acids is 1. The van der Waals surface area contributed by atoms with E-state index in [0.717, 1.165) is 44.4 Å². The molecule has 0 spiro atoms. The summed E-state index contributed by atoms with van der Waals surface area (Å²) in [5, 5.41) is 9.74. The second-order valence-corrected chi connectivity index (χ2v) is 7.56. The highest BCUT2D eigenvalue weighted by molar-refractivity contribution is 5.74. The van der Waals surface area contributed by atoms with Crippen LogP contribution in [0.2, 0.25) is 0 Å². The zero-order valence-corrected chi connectivity index (χ0v) is 13.3. The molecule has 0 radical (unpaired) electrons. The molecule has 3 heteroatoms. The predicted molar refractivity (Wildman–Crippen MR) is 79.7 cm³/mol. The van der Waals surface area contributed by atoms with E-state index in [0.29, 0.717) is 6.42 Å². The minimum Gasteiger partial charge on any atom is -0.481 e. The molecule has 1 saturated carbocycles. The summed E-state index contributed by atoms with van der Waals surface area (Å²) >= 11 is 0. The van der Waals surface area contributed by atoms with Gasteiger partial charge < -0.3 is 9.84 Å². The van der Waals surface area contributed by atoms with E-state index in [1.54, 1.807) is 0 Å². The summed E-state index contributed by atoms with van der Waals surface area (Å²) in [7, 11) is 0. The fourth-order valence-electron chi connectivity index (χ4n) is 4.09. The summed E-state index contributed by atoms with van der Waals surface area (Å²) in [6.45, 7) is 6.44. The van der Waals surface area contributed by atoms with E-state index in [1.807, 2.05) is 0 Å². The zero-order valence-electron chi connectivity index (χ0n) is 13.3. The third-order valence-electron chi connectivity index (χ3n) is 5.39. The Balaban J connectivity index is 1.96. The summed E-state index contributed by atoms with van der Waals surface area (Å²) in [6.07, 6.45) is 9.22. The van der Waals surface area contributed by atoms with Crippen LogP contribution in [0, 0.1) is 11.3 Å². The number of hydrogen-bond donors (Lipinski definition) is 1. The third kappa shape index (κ3) is 3.55. The minimum atomic E-state index is -0.597. The maximum atomic E-state index is 11.8. The number of carboxylic acids is 1. The molecule has 0 aromatic carbocycles. The van der Waals surface area contributed by atoms with Gasteiger partial charge in [-0.2, -0.15) is 0 Å². The number of hydrogen-bond acceptors (Lipinski definition) is 2. The largest absolute Gasteiger partial charge is 0.481 e. The Bertz CT molecular complexity index is 340. The van der Waals surface area contributed by atoms with Crippen molar-refractivity contribution in [1.82, 2.24) is 0 Å². The first kappa shape index (κ1) is 15.8. The predicted octanol–water partition coefficient (Wildman–Crippen LogP) is 4.40. The molecule has 1 aliphatic heterocycles. The summed E-state index contributed by atoms with van der Waals surface area (Å²) in [5.74, 6) is 0.147. The van der Waals surface area contributed by atoms with Gasteiger partial charge in [-0.3, -0.25) is 4.79 Å². The minimum absolute atomic E-state index is 0.0657. The molecule has 1 atom stereocenters. The van der Waals surface area contributed by atoms with Crippen molar-refractivity contribution in [3.63, 3.8) is 0 Å². The third-order valence-corrected chi connectivity index (χ3v) is 5.39. The van der Waals surface area contributed by atoms with Crippen LogP contribution in [0.25, 0.3) is 0 Å². The molecular formula is C17H30O3. The monoisotopic (exact) mass is 282 g/mol. The molecule has 1 N–H and O–H groups in total. The van der Waals surface area contributed by atoms with Crippen molar-refractivity contribution < 1.29 is 14.6 Å². The first-order chi connectivity index (χ1) is 9.37. The van der Waals surface area contributed by atoms with Gasteiger partial charge in [-0.05, 0) is 64.7 Å².